The summed E-state index contributed by atoms with van der Waals surface area (Å²) in [5, 5.41) is 3.51. The van der Waals surface area contributed by atoms with Crippen molar-refractivity contribution < 1.29 is 9.53 Å². The molecule has 1 fully saturated rings. The Morgan fingerprint density at radius 2 is 1.85 bits per heavy atom. The fourth-order valence-corrected chi connectivity index (χ4v) is 3.54. The normalized spacial score (nSPS) is 14.8. The molecule has 0 aliphatic carbocycles. The number of benzene rings is 2. The number of nitrogens with zero attached hydrogens (tertiary/aromatic N) is 1. The van der Waals surface area contributed by atoms with Crippen LogP contribution in [0, 0.1) is 0 Å². The number of carbonyl (C=O) groups excluding carboxylic acids is 1. The van der Waals surface area contributed by atoms with Crippen LogP contribution in [0.4, 0.5) is 0 Å². The number of methoxy groups -OCH3 is 1. The second-order valence-corrected chi connectivity index (χ2v) is 7.07. The first-order valence-corrected chi connectivity index (χ1v) is 9.46. The predicted octanol–water partition coefficient (Wildman–Crippen LogP) is 4.26. The molecule has 2 aromatic rings. The van der Waals surface area contributed by atoms with Gasteiger partial charge in [-0.1, -0.05) is 42.3 Å². The number of amides is 1. The Kier molecular flexibility index (Phi) is 6.53. The summed E-state index contributed by atoms with van der Waals surface area (Å²) in [4.78, 5) is 15.1. The maximum absolute atomic E-state index is 12.6. The second-order valence-electron chi connectivity index (χ2n) is 6.63. The molecule has 0 bridgehead atoms. The van der Waals surface area contributed by atoms with Crippen molar-refractivity contribution in [3.05, 3.63) is 64.2 Å². The minimum atomic E-state index is -0.183. The van der Waals surface area contributed by atoms with Crippen LogP contribution in [0.2, 0.25) is 5.02 Å². The van der Waals surface area contributed by atoms with E-state index in [9.17, 15) is 4.79 Å². The minimum Gasteiger partial charge on any atom is -0.496 e. The summed E-state index contributed by atoms with van der Waals surface area (Å²) in [6.45, 7) is 3.73. The molecular weight excluding hydrogens is 348 g/mol. The van der Waals surface area contributed by atoms with Crippen molar-refractivity contribution in [1.82, 2.24) is 10.2 Å². The fraction of sp³-hybridized carbons (Fsp3) is 0.381. The minimum absolute atomic E-state index is 0.183. The lowest BCUT2D eigenvalue weighted by molar-refractivity contribution is 0.0947. The van der Waals surface area contributed by atoms with Crippen LogP contribution in [-0.4, -0.2) is 31.0 Å². The SMILES string of the molecule is COc1ccc(Cl)cc1C(=O)NCc1ccccc1CN1CCCCC1. The molecule has 2 aromatic carbocycles. The van der Waals surface area contributed by atoms with Crippen molar-refractivity contribution in [3.8, 4) is 5.75 Å². The van der Waals surface area contributed by atoms with Gasteiger partial charge in [0.25, 0.3) is 5.91 Å². The summed E-state index contributed by atoms with van der Waals surface area (Å²) >= 11 is 6.03. The van der Waals surface area contributed by atoms with Gasteiger partial charge in [0.2, 0.25) is 0 Å². The zero-order valence-electron chi connectivity index (χ0n) is 15.1. The van der Waals surface area contributed by atoms with Gasteiger partial charge in [-0.05, 0) is 55.3 Å². The summed E-state index contributed by atoms with van der Waals surface area (Å²) in [6, 6.07) is 13.4. The van der Waals surface area contributed by atoms with E-state index in [1.54, 1.807) is 25.3 Å². The number of carbonyl (C=O) groups is 1. The zero-order valence-corrected chi connectivity index (χ0v) is 15.9. The maximum Gasteiger partial charge on any atom is 0.255 e. The molecule has 1 saturated heterocycles. The smallest absolute Gasteiger partial charge is 0.255 e. The van der Waals surface area contributed by atoms with E-state index in [-0.39, 0.29) is 5.91 Å². The number of hydrogen-bond acceptors (Lipinski definition) is 3. The van der Waals surface area contributed by atoms with E-state index in [0.717, 1.165) is 25.2 Å². The van der Waals surface area contributed by atoms with Crippen LogP contribution < -0.4 is 10.1 Å². The van der Waals surface area contributed by atoms with Crippen molar-refractivity contribution in [2.75, 3.05) is 20.2 Å². The monoisotopic (exact) mass is 372 g/mol. The third-order valence-electron chi connectivity index (χ3n) is 4.81. The van der Waals surface area contributed by atoms with Crippen LogP contribution in [0.25, 0.3) is 0 Å². The van der Waals surface area contributed by atoms with E-state index >= 15 is 0 Å². The van der Waals surface area contributed by atoms with Gasteiger partial charge in [-0.25, -0.2) is 0 Å². The number of nitrogens with one attached hydrogen (secondary N) is 1. The molecule has 1 aliphatic heterocycles. The van der Waals surface area contributed by atoms with E-state index in [1.807, 2.05) is 6.07 Å². The van der Waals surface area contributed by atoms with Crippen LogP contribution in [0.5, 0.6) is 5.75 Å². The number of likely N-dealkylation sites (tertiary alicyclic amines) is 1. The summed E-state index contributed by atoms with van der Waals surface area (Å²) < 4.78 is 5.27. The van der Waals surface area contributed by atoms with Crippen molar-refractivity contribution in [2.45, 2.75) is 32.4 Å². The quantitative estimate of drug-likeness (QED) is 0.823. The Bertz CT molecular complexity index is 757. The molecule has 4 nitrogen and oxygen atoms in total. The van der Waals surface area contributed by atoms with Gasteiger partial charge in [-0.2, -0.15) is 0 Å². The largest absolute Gasteiger partial charge is 0.496 e. The maximum atomic E-state index is 12.6. The first-order chi connectivity index (χ1) is 12.7. The van der Waals surface area contributed by atoms with Crippen LogP contribution >= 0.6 is 11.6 Å². The third kappa shape index (κ3) is 4.77. The number of rotatable bonds is 6. The third-order valence-corrected chi connectivity index (χ3v) is 5.04. The Morgan fingerprint density at radius 3 is 2.58 bits per heavy atom. The van der Waals surface area contributed by atoms with Crippen LogP contribution in [0.3, 0.4) is 0 Å². The molecule has 1 N–H and O–H groups in total. The first kappa shape index (κ1) is 18.7. The Hall–Kier alpha value is -2.04. The average Bonchev–Trinajstić information content (AvgIpc) is 2.68. The van der Waals surface area contributed by atoms with Crippen molar-refractivity contribution >= 4 is 17.5 Å². The second kappa shape index (κ2) is 9.06. The molecule has 26 heavy (non-hydrogen) atoms. The van der Waals surface area contributed by atoms with Crippen LogP contribution in [0.1, 0.15) is 40.7 Å². The highest BCUT2D eigenvalue weighted by molar-refractivity contribution is 6.31. The van der Waals surface area contributed by atoms with E-state index in [0.29, 0.717) is 22.9 Å². The van der Waals surface area contributed by atoms with Crippen molar-refractivity contribution in [1.29, 1.82) is 0 Å². The molecule has 0 aromatic heterocycles. The Balaban J connectivity index is 1.68. The highest BCUT2D eigenvalue weighted by atomic mass is 35.5. The van der Waals surface area contributed by atoms with Gasteiger partial charge in [0.1, 0.15) is 5.75 Å². The number of piperidine rings is 1. The molecule has 0 unspecified atom stereocenters. The molecule has 0 atom stereocenters. The zero-order chi connectivity index (χ0) is 18.4. The summed E-state index contributed by atoms with van der Waals surface area (Å²) in [7, 11) is 1.55. The standard InChI is InChI=1S/C21H25ClN2O2/c1-26-20-10-9-18(22)13-19(20)21(25)23-14-16-7-3-4-8-17(16)15-24-11-5-2-6-12-24/h3-4,7-10,13H,2,5-6,11-12,14-15H2,1H3,(H,23,25). The molecule has 0 radical (unpaired) electrons. The number of hydrogen-bond donors (Lipinski definition) is 1. The van der Waals surface area contributed by atoms with Crippen LogP contribution in [-0.2, 0) is 13.1 Å². The molecule has 0 spiro atoms. The molecule has 3 rings (SSSR count). The molecule has 0 saturated carbocycles. The summed E-state index contributed by atoms with van der Waals surface area (Å²) in [5.41, 5.74) is 2.87. The van der Waals surface area contributed by atoms with Crippen molar-refractivity contribution in [2.24, 2.45) is 0 Å². The lowest BCUT2D eigenvalue weighted by Gasteiger charge is -2.27. The first-order valence-electron chi connectivity index (χ1n) is 9.08. The molecule has 1 heterocycles. The molecule has 5 heteroatoms. The number of halogens is 1. The molecule has 1 aliphatic rings. The highest BCUT2D eigenvalue weighted by Crippen LogP contribution is 2.23. The van der Waals surface area contributed by atoms with E-state index in [4.69, 9.17) is 16.3 Å². The summed E-state index contributed by atoms with van der Waals surface area (Å²) in [5.74, 6) is 0.339. The van der Waals surface area contributed by atoms with Gasteiger partial charge in [0.15, 0.2) is 0 Å². The van der Waals surface area contributed by atoms with Gasteiger partial charge in [-0.3, -0.25) is 9.69 Å². The van der Waals surface area contributed by atoms with Gasteiger partial charge in [0, 0.05) is 18.1 Å². The fourth-order valence-electron chi connectivity index (χ4n) is 3.37. The lowest BCUT2D eigenvalue weighted by Crippen LogP contribution is -2.30. The lowest BCUT2D eigenvalue weighted by atomic mass is 10.0. The van der Waals surface area contributed by atoms with E-state index in [2.05, 4.69) is 28.4 Å². The van der Waals surface area contributed by atoms with Gasteiger partial charge in [0.05, 0.1) is 12.7 Å². The van der Waals surface area contributed by atoms with Gasteiger partial charge >= 0.3 is 0 Å². The Morgan fingerprint density at radius 1 is 1.12 bits per heavy atom. The molecular formula is C21H25ClN2O2. The van der Waals surface area contributed by atoms with E-state index < -0.39 is 0 Å². The summed E-state index contributed by atoms with van der Waals surface area (Å²) in [6.07, 6.45) is 3.87. The molecule has 1 amide bonds. The number of ether oxygens (including phenoxy) is 1. The van der Waals surface area contributed by atoms with Crippen LogP contribution in [0.15, 0.2) is 42.5 Å². The molecule has 138 valence electrons. The van der Waals surface area contributed by atoms with Crippen molar-refractivity contribution in [3.63, 3.8) is 0 Å². The highest BCUT2D eigenvalue weighted by Gasteiger charge is 2.15. The van der Waals surface area contributed by atoms with Gasteiger partial charge in [-0.15, -0.1) is 0 Å². The van der Waals surface area contributed by atoms with Gasteiger partial charge < -0.3 is 10.1 Å². The average molecular weight is 373 g/mol. The predicted molar refractivity (Wildman–Crippen MR) is 105 cm³/mol. The van der Waals surface area contributed by atoms with E-state index in [1.165, 1.54) is 24.8 Å². The Labute approximate surface area is 160 Å². The topological polar surface area (TPSA) is 41.6 Å².